The van der Waals surface area contributed by atoms with Crippen LogP contribution in [-0.2, 0) is 9.53 Å². The van der Waals surface area contributed by atoms with Gasteiger partial charge in [-0.2, -0.15) is 0 Å². The van der Waals surface area contributed by atoms with E-state index in [-0.39, 0.29) is 13.0 Å². The van der Waals surface area contributed by atoms with Gasteiger partial charge in [-0.25, -0.2) is 4.79 Å². The summed E-state index contributed by atoms with van der Waals surface area (Å²) in [5.41, 5.74) is 0. The third kappa shape index (κ3) is 5.22. The molecule has 1 atom stereocenters. The summed E-state index contributed by atoms with van der Waals surface area (Å²) in [6, 6.07) is -0.455. The van der Waals surface area contributed by atoms with Gasteiger partial charge in [0.05, 0.1) is 18.7 Å². The Kier molecular flexibility index (Phi) is 5.30. The first kappa shape index (κ1) is 13.3. The minimum Gasteiger partial charge on any atom is -0.481 e. The number of aromatic nitrogens is 2. The summed E-state index contributed by atoms with van der Waals surface area (Å²) >= 11 is 1.04. The average Bonchev–Trinajstić information content (AvgIpc) is 2.76. The molecule has 0 bridgehead atoms. The number of hydrogen-bond acceptors (Lipinski definition) is 6. The molecule has 17 heavy (non-hydrogen) atoms. The van der Waals surface area contributed by atoms with Crippen molar-refractivity contribution in [2.45, 2.75) is 12.5 Å². The zero-order valence-electron chi connectivity index (χ0n) is 9.04. The van der Waals surface area contributed by atoms with E-state index in [0.29, 0.717) is 5.00 Å². The summed E-state index contributed by atoms with van der Waals surface area (Å²) in [7, 11) is 1.39. The van der Waals surface area contributed by atoms with Crippen molar-refractivity contribution < 1.29 is 19.4 Å². The van der Waals surface area contributed by atoms with Crippen molar-refractivity contribution in [3.05, 3.63) is 6.20 Å². The second kappa shape index (κ2) is 6.76. The zero-order chi connectivity index (χ0) is 12.7. The molecule has 0 saturated carbocycles. The summed E-state index contributed by atoms with van der Waals surface area (Å²) in [4.78, 5) is 21.8. The van der Waals surface area contributed by atoms with Crippen molar-refractivity contribution in [1.29, 1.82) is 0 Å². The van der Waals surface area contributed by atoms with Crippen molar-refractivity contribution in [1.82, 2.24) is 14.9 Å². The molecule has 94 valence electrons. The van der Waals surface area contributed by atoms with Crippen molar-refractivity contribution in [2.24, 2.45) is 0 Å². The lowest BCUT2D eigenvalue weighted by atomic mass is 10.2. The first-order valence-corrected chi connectivity index (χ1v) is 5.46. The van der Waals surface area contributed by atoms with Crippen LogP contribution in [0.1, 0.15) is 6.42 Å². The van der Waals surface area contributed by atoms with Crippen molar-refractivity contribution in [3.63, 3.8) is 0 Å². The maximum atomic E-state index is 11.3. The minimum atomic E-state index is -0.981. The summed E-state index contributed by atoms with van der Waals surface area (Å²) in [5.74, 6) is -0.981. The number of carbonyl (C=O) groups is 2. The number of nitrogens with zero attached hydrogens (tertiary/aromatic N) is 2. The number of aliphatic carboxylic acids is 1. The van der Waals surface area contributed by atoms with Gasteiger partial charge in [0.2, 0.25) is 0 Å². The largest absolute Gasteiger partial charge is 0.481 e. The second-order valence-corrected chi connectivity index (χ2v) is 3.86. The smallest absolute Gasteiger partial charge is 0.320 e. The Morgan fingerprint density at radius 2 is 2.41 bits per heavy atom. The lowest BCUT2D eigenvalue weighted by molar-refractivity contribution is -0.139. The van der Waals surface area contributed by atoms with Gasteiger partial charge in [0.15, 0.2) is 0 Å². The number of methoxy groups -OCH3 is 1. The summed E-state index contributed by atoms with van der Waals surface area (Å²) in [6.07, 6.45) is 0.687. The van der Waals surface area contributed by atoms with Crippen LogP contribution in [0.25, 0.3) is 0 Å². The predicted molar refractivity (Wildman–Crippen MR) is 60.0 cm³/mol. The molecule has 9 heteroatoms. The van der Waals surface area contributed by atoms with E-state index in [9.17, 15) is 9.59 Å². The van der Waals surface area contributed by atoms with Crippen molar-refractivity contribution in [2.75, 3.05) is 19.0 Å². The molecule has 3 N–H and O–H groups in total. The van der Waals surface area contributed by atoms with Gasteiger partial charge in [-0.05, 0) is 0 Å². The third-order valence-electron chi connectivity index (χ3n) is 1.82. The fourth-order valence-electron chi connectivity index (χ4n) is 1.02. The van der Waals surface area contributed by atoms with Crippen LogP contribution in [0.3, 0.4) is 0 Å². The van der Waals surface area contributed by atoms with Gasteiger partial charge < -0.3 is 15.2 Å². The van der Waals surface area contributed by atoms with E-state index in [0.717, 1.165) is 11.5 Å². The number of rotatable bonds is 6. The molecule has 8 nitrogen and oxygen atoms in total. The Balaban J connectivity index is 2.29. The molecule has 0 saturated heterocycles. The number of anilines is 1. The normalized spacial score (nSPS) is 11.8. The van der Waals surface area contributed by atoms with E-state index in [4.69, 9.17) is 9.84 Å². The number of ether oxygens (including phenoxy) is 1. The number of carbonyl (C=O) groups excluding carboxylic acids is 1. The molecule has 0 spiro atoms. The van der Waals surface area contributed by atoms with Crippen LogP contribution in [0.4, 0.5) is 9.80 Å². The highest BCUT2D eigenvalue weighted by molar-refractivity contribution is 7.10. The number of nitrogens with one attached hydrogen (secondary N) is 2. The molecule has 0 aromatic carbocycles. The Labute approximate surface area is 101 Å². The topological polar surface area (TPSA) is 113 Å². The number of hydrogen-bond donors (Lipinski definition) is 3. The Morgan fingerprint density at radius 1 is 1.65 bits per heavy atom. The lowest BCUT2D eigenvalue weighted by Gasteiger charge is -2.13. The maximum Gasteiger partial charge on any atom is 0.320 e. The Hall–Kier alpha value is -1.74. The van der Waals surface area contributed by atoms with Gasteiger partial charge in [0.1, 0.15) is 5.00 Å². The third-order valence-corrected chi connectivity index (χ3v) is 2.40. The van der Waals surface area contributed by atoms with Gasteiger partial charge in [-0.1, -0.05) is 4.49 Å². The van der Waals surface area contributed by atoms with Gasteiger partial charge in [-0.15, -0.1) is 5.10 Å². The Bertz CT molecular complexity index is 370. The zero-order valence-corrected chi connectivity index (χ0v) is 9.86. The van der Waals surface area contributed by atoms with Crippen LogP contribution in [-0.4, -0.2) is 46.5 Å². The summed E-state index contributed by atoms with van der Waals surface area (Å²) < 4.78 is 8.47. The molecule has 0 fully saturated rings. The lowest BCUT2D eigenvalue weighted by Crippen LogP contribution is -2.36. The molecule has 2 amide bonds. The highest BCUT2D eigenvalue weighted by Crippen LogP contribution is 2.08. The molecule has 0 aliphatic carbocycles. The number of amides is 2. The highest BCUT2D eigenvalue weighted by Gasteiger charge is 2.13. The average molecular weight is 260 g/mol. The summed E-state index contributed by atoms with van der Waals surface area (Å²) in [6.45, 7) is 0.112. The number of carboxylic acid groups (broad SMARTS) is 1. The fraction of sp³-hybridized carbons (Fsp3) is 0.500. The molecule has 0 aliphatic rings. The van der Waals surface area contributed by atoms with E-state index in [1.54, 1.807) is 0 Å². The molecule has 0 aliphatic heterocycles. The van der Waals surface area contributed by atoms with Crippen molar-refractivity contribution in [3.8, 4) is 0 Å². The van der Waals surface area contributed by atoms with E-state index in [1.807, 2.05) is 0 Å². The van der Waals surface area contributed by atoms with E-state index >= 15 is 0 Å². The van der Waals surface area contributed by atoms with Gasteiger partial charge >= 0.3 is 12.0 Å². The fourth-order valence-corrected chi connectivity index (χ4v) is 1.43. The van der Waals surface area contributed by atoms with Crippen molar-refractivity contribution >= 4 is 28.5 Å². The van der Waals surface area contributed by atoms with Crippen LogP contribution < -0.4 is 10.6 Å². The van der Waals surface area contributed by atoms with Crippen LogP contribution in [0, 0.1) is 0 Å². The highest BCUT2D eigenvalue weighted by atomic mass is 32.1. The first-order valence-electron chi connectivity index (χ1n) is 4.68. The van der Waals surface area contributed by atoms with E-state index in [2.05, 4.69) is 20.2 Å². The monoisotopic (exact) mass is 260 g/mol. The quantitative estimate of drug-likeness (QED) is 0.671. The molecule has 1 unspecified atom stereocenters. The molecular formula is C8H12N4O4S. The van der Waals surface area contributed by atoms with Crippen LogP contribution in [0.5, 0.6) is 0 Å². The molecule has 1 heterocycles. The molecule has 1 aromatic heterocycles. The van der Waals surface area contributed by atoms with Crippen LogP contribution in [0.2, 0.25) is 0 Å². The van der Waals surface area contributed by atoms with Crippen LogP contribution in [0.15, 0.2) is 6.20 Å². The van der Waals surface area contributed by atoms with Gasteiger partial charge in [0.25, 0.3) is 0 Å². The van der Waals surface area contributed by atoms with Gasteiger partial charge in [-0.3, -0.25) is 10.1 Å². The predicted octanol–water partition coefficient (Wildman–Crippen LogP) is 0.149. The molecular weight excluding hydrogens is 248 g/mol. The van der Waals surface area contributed by atoms with Crippen LogP contribution >= 0.6 is 11.5 Å². The number of urea groups is 1. The maximum absolute atomic E-state index is 11.3. The second-order valence-electron chi connectivity index (χ2n) is 3.07. The minimum absolute atomic E-state index is 0.112. The van der Waals surface area contributed by atoms with E-state index < -0.39 is 18.1 Å². The summed E-state index contributed by atoms with van der Waals surface area (Å²) in [5, 5.41) is 17.6. The van der Waals surface area contributed by atoms with Gasteiger partial charge in [0, 0.05) is 25.2 Å². The number of carboxylic acids is 1. The SMILES string of the molecule is COC(CNC(=O)Nc1cnns1)CC(=O)O. The molecule has 0 radical (unpaired) electrons. The van der Waals surface area contributed by atoms with E-state index in [1.165, 1.54) is 13.3 Å². The standard InChI is InChI=1S/C8H12N4O4S/c1-16-5(2-7(13)14)3-9-8(15)11-6-4-10-12-17-6/h4-5H,2-3H2,1H3,(H,13,14)(H2,9,11,15). The Morgan fingerprint density at radius 3 is 2.94 bits per heavy atom. The molecule has 1 rings (SSSR count). The first-order chi connectivity index (χ1) is 8.11. The molecule has 1 aromatic rings.